The van der Waals surface area contributed by atoms with Crippen LogP contribution in [-0.2, 0) is 16.1 Å². The van der Waals surface area contributed by atoms with Crippen LogP contribution in [0.5, 0.6) is 0 Å². The smallest absolute Gasteiger partial charge is 0.237 e. The Labute approximate surface area is 166 Å². The highest BCUT2D eigenvalue weighted by Crippen LogP contribution is 2.43. The number of fused-ring (bicyclic) bond motifs is 2. The number of rotatable bonds is 3. The molecule has 2 aliphatic rings. The van der Waals surface area contributed by atoms with Crippen molar-refractivity contribution in [3.63, 3.8) is 0 Å². The van der Waals surface area contributed by atoms with Crippen LogP contribution in [0.4, 0.5) is 15.8 Å². The maximum atomic E-state index is 13.4. The van der Waals surface area contributed by atoms with E-state index >= 15 is 0 Å². The zero-order chi connectivity index (χ0) is 19.0. The van der Waals surface area contributed by atoms with Gasteiger partial charge in [0, 0.05) is 6.04 Å². The molecule has 0 N–H and O–H groups in total. The summed E-state index contributed by atoms with van der Waals surface area (Å²) in [7, 11) is 0. The number of amides is 2. The Morgan fingerprint density at radius 1 is 1.07 bits per heavy atom. The third-order valence-corrected chi connectivity index (χ3v) is 5.94. The molecule has 0 aromatic heterocycles. The summed E-state index contributed by atoms with van der Waals surface area (Å²) in [6, 6.07) is 13.7. The summed E-state index contributed by atoms with van der Waals surface area (Å²) < 4.78 is 13.3. The molecule has 0 bridgehead atoms. The Balaban J connectivity index is 1.81. The summed E-state index contributed by atoms with van der Waals surface area (Å²) in [6.07, 6.45) is 2.54. The molecule has 1 saturated carbocycles. The van der Waals surface area contributed by atoms with Gasteiger partial charge in [-0.3, -0.25) is 9.59 Å². The molecule has 140 valence electrons. The van der Waals surface area contributed by atoms with E-state index in [0.29, 0.717) is 6.54 Å². The molecule has 1 aliphatic carbocycles. The minimum Gasteiger partial charge on any atom is -0.306 e. The van der Waals surface area contributed by atoms with Gasteiger partial charge in [-0.1, -0.05) is 46.6 Å². The first-order valence-electron chi connectivity index (χ1n) is 9.13. The van der Waals surface area contributed by atoms with Crippen molar-refractivity contribution in [1.29, 1.82) is 0 Å². The second kappa shape index (κ2) is 7.43. The number of carbonyl (C=O) groups excluding carboxylic acids is 2. The second-order valence-corrected chi connectivity index (χ2v) is 7.60. The summed E-state index contributed by atoms with van der Waals surface area (Å²) in [6.45, 7) is 0.357. The molecular formula is C21H20BrFN2O2. The van der Waals surface area contributed by atoms with Crippen LogP contribution in [0.15, 0.2) is 48.5 Å². The van der Waals surface area contributed by atoms with Gasteiger partial charge in [0.15, 0.2) is 0 Å². The van der Waals surface area contributed by atoms with Crippen LogP contribution in [0.1, 0.15) is 24.8 Å². The summed E-state index contributed by atoms with van der Waals surface area (Å²) in [4.78, 5) is 29.7. The van der Waals surface area contributed by atoms with E-state index in [1.807, 2.05) is 29.2 Å². The summed E-state index contributed by atoms with van der Waals surface area (Å²) in [5.41, 5.74) is 2.36. The molecule has 2 amide bonds. The number of nitrogens with zero attached hydrogens (tertiary/aromatic N) is 2. The predicted molar refractivity (Wildman–Crippen MR) is 106 cm³/mol. The first kappa shape index (κ1) is 18.2. The molecular weight excluding hydrogens is 411 g/mol. The number of para-hydroxylation sites is 2. The van der Waals surface area contributed by atoms with Gasteiger partial charge in [-0.25, -0.2) is 4.39 Å². The lowest BCUT2D eigenvalue weighted by molar-refractivity contribution is -0.122. The monoisotopic (exact) mass is 430 g/mol. The van der Waals surface area contributed by atoms with Gasteiger partial charge in [0.05, 0.1) is 29.2 Å². The molecule has 0 unspecified atom stereocenters. The van der Waals surface area contributed by atoms with Gasteiger partial charge in [-0.15, -0.1) is 0 Å². The van der Waals surface area contributed by atoms with Crippen LogP contribution in [0, 0.1) is 11.7 Å². The third-order valence-electron chi connectivity index (χ3n) is 5.46. The molecule has 0 spiro atoms. The SMILES string of the molecule is O=C1[C@H]2CCC[C@H]2N(C(=O)CBr)c2ccccc2N1Cc1ccc(F)cc1. The first-order chi connectivity index (χ1) is 13.1. The average Bonchev–Trinajstić information content (AvgIpc) is 3.14. The van der Waals surface area contributed by atoms with Gasteiger partial charge in [0.2, 0.25) is 11.8 Å². The van der Waals surface area contributed by atoms with Gasteiger partial charge < -0.3 is 9.80 Å². The molecule has 2 atom stereocenters. The standard InChI is InChI=1S/C21H20BrFN2O2/c22-12-20(26)25-17-7-3-4-16(17)21(27)24(18-5-1-2-6-19(18)25)13-14-8-10-15(23)11-9-14/h1-2,5-6,8-11,16-17H,3-4,7,12-13H2/t16-,17+/m0/s1. The largest absolute Gasteiger partial charge is 0.306 e. The molecule has 1 aliphatic heterocycles. The number of carbonyl (C=O) groups is 2. The van der Waals surface area contributed by atoms with E-state index in [-0.39, 0.29) is 34.9 Å². The van der Waals surface area contributed by atoms with Gasteiger partial charge in [0.1, 0.15) is 5.82 Å². The average molecular weight is 431 g/mol. The van der Waals surface area contributed by atoms with Crippen molar-refractivity contribution in [3.8, 4) is 0 Å². The zero-order valence-electron chi connectivity index (χ0n) is 14.8. The van der Waals surface area contributed by atoms with Crippen LogP contribution < -0.4 is 9.80 Å². The highest BCUT2D eigenvalue weighted by Gasteiger charge is 2.45. The number of benzene rings is 2. The molecule has 6 heteroatoms. The molecule has 0 radical (unpaired) electrons. The minimum absolute atomic E-state index is 0.0317. The zero-order valence-corrected chi connectivity index (χ0v) is 16.4. The molecule has 2 aromatic carbocycles. The summed E-state index contributed by atoms with van der Waals surface area (Å²) in [5.74, 6) is -0.498. The number of halogens is 2. The van der Waals surface area contributed by atoms with Gasteiger partial charge in [0.25, 0.3) is 0 Å². The van der Waals surface area contributed by atoms with Crippen molar-refractivity contribution in [2.75, 3.05) is 15.1 Å². The molecule has 1 fully saturated rings. The highest BCUT2D eigenvalue weighted by atomic mass is 79.9. The second-order valence-electron chi connectivity index (χ2n) is 7.04. The van der Waals surface area contributed by atoms with Gasteiger partial charge >= 0.3 is 0 Å². The number of alkyl halides is 1. The molecule has 2 aromatic rings. The summed E-state index contributed by atoms with van der Waals surface area (Å²) in [5, 5.41) is 0.219. The van der Waals surface area contributed by atoms with E-state index in [1.165, 1.54) is 12.1 Å². The van der Waals surface area contributed by atoms with Crippen LogP contribution in [0.3, 0.4) is 0 Å². The van der Waals surface area contributed by atoms with Gasteiger partial charge in [-0.2, -0.15) is 0 Å². The number of anilines is 2. The third kappa shape index (κ3) is 3.27. The van der Waals surface area contributed by atoms with Crippen molar-refractivity contribution in [3.05, 3.63) is 59.9 Å². The fraction of sp³-hybridized carbons (Fsp3) is 0.333. The van der Waals surface area contributed by atoms with Gasteiger partial charge in [-0.05, 0) is 42.7 Å². The molecule has 4 nitrogen and oxygen atoms in total. The normalized spacial score (nSPS) is 21.6. The maximum absolute atomic E-state index is 13.4. The summed E-state index contributed by atoms with van der Waals surface area (Å²) >= 11 is 3.29. The van der Waals surface area contributed by atoms with Crippen LogP contribution in [-0.4, -0.2) is 23.2 Å². The lowest BCUT2D eigenvalue weighted by atomic mass is 10.0. The van der Waals surface area contributed by atoms with Crippen molar-refractivity contribution < 1.29 is 14.0 Å². The first-order valence-corrected chi connectivity index (χ1v) is 10.2. The Bertz CT molecular complexity index is 871. The lowest BCUT2D eigenvalue weighted by Crippen LogP contribution is -2.45. The van der Waals surface area contributed by atoms with E-state index in [9.17, 15) is 14.0 Å². The molecule has 27 heavy (non-hydrogen) atoms. The Morgan fingerprint density at radius 2 is 1.78 bits per heavy atom. The molecule has 1 heterocycles. The Kier molecular flexibility index (Phi) is 5.00. The van der Waals surface area contributed by atoms with Crippen LogP contribution >= 0.6 is 15.9 Å². The van der Waals surface area contributed by atoms with Crippen molar-refractivity contribution >= 4 is 39.1 Å². The lowest BCUT2D eigenvalue weighted by Gasteiger charge is -2.30. The van der Waals surface area contributed by atoms with E-state index in [2.05, 4.69) is 15.9 Å². The predicted octanol–water partition coefficient (Wildman–Crippen LogP) is 4.27. The van der Waals surface area contributed by atoms with Crippen molar-refractivity contribution in [2.24, 2.45) is 5.92 Å². The highest BCUT2D eigenvalue weighted by molar-refractivity contribution is 9.09. The molecule has 4 rings (SSSR count). The quantitative estimate of drug-likeness (QED) is 0.682. The fourth-order valence-corrected chi connectivity index (χ4v) is 4.52. The number of hydrogen-bond donors (Lipinski definition) is 0. The minimum atomic E-state index is -0.300. The molecule has 0 saturated heterocycles. The Hall–Kier alpha value is -2.21. The van der Waals surface area contributed by atoms with E-state index < -0.39 is 0 Å². The van der Waals surface area contributed by atoms with E-state index in [0.717, 1.165) is 36.2 Å². The van der Waals surface area contributed by atoms with E-state index in [4.69, 9.17) is 0 Å². The van der Waals surface area contributed by atoms with Crippen molar-refractivity contribution in [2.45, 2.75) is 31.8 Å². The van der Waals surface area contributed by atoms with Crippen LogP contribution in [0.2, 0.25) is 0 Å². The topological polar surface area (TPSA) is 40.6 Å². The number of hydrogen-bond acceptors (Lipinski definition) is 2. The Morgan fingerprint density at radius 3 is 2.48 bits per heavy atom. The van der Waals surface area contributed by atoms with Crippen LogP contribution in [0.25, 0.3) is 0 Å². The fourth-order valence-electron chi connectivity index (χ4n) is 4.25. The van der Waals surface area contributed by atoms with E-state index in [1.54, 1.807) is 17.0 Å². The maximum Gasteiger partial charge on any atom is 0.237 e. The van der Waals surface area contributed by atoms with Crippen molar-refractivity contribution in [1.82, 2.24) is 0 Å².